The number of nitrogens with zero attached hydrogens (tertiary/aromatic N) is 6. The third kappa shape index (κ3) is 3.53. The molecule has 0 atom stereocenters. The van der Waals surface area contributed by atoms with Crippen LogP contribution in [0.2, 0.25) is 0 Å². The molecule has 1 amide bonds. The molecule has 5 rings (SSSR count). The number of hydrogen-bond donors (Lipinski definition) is 0. The lowest BCUT2D eigenvalue weighted by Crippen LogP contribution is -2.51. The highest BCUT2D eigenvalue weighted by atomic mass is 16.6. The molecule has 0 spiro atoms. The Labute approximate surface area is 180 Å². The molecule has 1 aliphatic carbocycles. The van der Waals surface area contributed by atoms with E-state index in [9.17, 15) is 10.1 Å². The number of nitriles is 1. The Morgan fingerprint density at radius 2 is 2.10 bits per heavy atom. The second kappa shape index (κ2) is 8.04. The highest BCUT2D eigenvalue weighted by Gasteiger charge is 2.32. The number of fused-ring (bicyclic) bond motifs is 1. The van der Waals surface area contributed by atoms with Crippen LogP contribution in [0, 0.1) is 11.3 Å². The summed E-state index contributed by atoms with van der Waals surface area (Å²) in [6.07, 6.45) is 5.78. The van der Waals surface area contributed by atoms with Crippen molar-refractivity contribution in [2.24, 2.45) is 0 Å². The Morgan fingerprint density at radius 1 is 1.29 bits per heavy atom. The van der Waals surface area contributed by atoms with Crippen molar-refractivity contribution in [1.82, 2.24) is 19.4 Å². The van der Waals surface area contributed by atoms with Gasteiger partial charge in [-0.15, -0.1) is 0 Å². The molecule has 2 saturated heterocycles. The van der Waals surface area contributed by atoms with Crippen LogP contribution >= 0.6 is 0 Å². The SMILES string of the molecule is CCn1cnc(C2=C(C#N)c3c(N4CCN(C(=O)OC5COC5)CC4)ccnc3C2)c1. The maximum absolute atomic E-state index is 12.3. The number of hydrogen-bond acceptors (Lipinski definition) is 7. The molecule has 3 aliphatic rings. The van der Waals surface area contributed by atoms with E-state index in [1.807, 2.05) is 16.8 Å². The van der Waals surface area contributed by atoms with Gasteiger partial charge >= 0.3 is 6.09 Å². The molecule has 4 heterocycles. The van der Waals surface area contributed by atoms with Crippen LogP contribution in [-0.2, 0) is 22.4 Å². The van der Waals surface area contributed by atoms with Gasteiger partial charge in [0.05, 0.1) is 36.5 Å². The average Bonchev–Trinajstić information content (AvgIpc) is 3.40. The zero-order valence-electron chi connectivity index (χ0n) is 17.5. The molecule has 0 aromatic carbocycles. The van der Waals surface area contributed by atoms with E-state index < -0.39 is 0 Å². The number of amides is 1. The number of carbonyl (C=O) groups excluding carboxylic acids is 1. The van der Waals surface area contributed by atoms with Gasteiger partial charge in [0, 0.05) is 68.4 Å². The molecule has 0 radical (unpaired) electrons. The van der Waals surface area contributed by atoms with Gasteiger partial charge < -0.3 is 23.8 Å². The van der Waals surface area contributed by atoms with Crippen LogP contribution < -0.4 is 4.90 Å². The number of anilines is 1. The Kier molecular flexibility index (Phi) is 5.08. The van der Waals surface area contributed by atoms with E-state index in [-0.39, 0.29) is 12.2 Å². The number of pyridine rings is 1. The van der Waals surface area contributed by atoms with Crippen molar-refractivity contribution in [2.75, 3.05) is 44.3 Å². The van der Waals surface area contributed by atoms with Crippen molar-refractivity contribution in [3.05, 3.63) is 41.7 Å². The fourth-order valence-corrected chi connectivity index (χ4v) is 4.23. The summed E-state index contributed by atoms with van der Waals surface area (Å²) in [4.78, 5) is 25.3. The largest absolute Gasteiger partial charge is 0.441 e. The van der Waals surface area contributed by atoms with Crippen molar-refractivity contribution in [1.29, 1.82) is 5.26 Å². The van der Waals surface area contributed by atoms with Gasteiger partial charge in [0.25, 0.3) is 0 Å². The number of allylic oxidation sites excluding steroid dienone is 2. The Morgan fingerprint density at radius 3 is 2.74 bits per heavy atom. The molecule has 31 heavy (non-hydrogen) atoms. The first-order valence-electron chi connectivity index (χ1n) is 10.6. The molecule has 9 heteroatoms. The van der Waals surface area contributed by atoms with Crippen LogP contribution in [0.3, 0.4) is 0 Å². The van der Waals surface area contributed by atoms with Gasteiger partial charge in [0.2, 0.25) is 0 Å². The molecule has 2 aromatic heterocycles. The topological polar surface area (TPSA) is 96.5 Å². The molecular formula is C22H24N6O3. The number of ether oxygens (including phenoxy) is 2. The van der Waals surface area contributed by atoms with E-state index in [1.54, 1.807) is 17.4 Å². The predicted octanol–water partition coefficient (Wildman–Crippen LogP) is 1.95. The molecule has 0 saturated carbocycles. The average molecular weight is 420 g/mol. The van der Waals surface area contributed by atoms with Crippen LogP contribution in [0.15, 0.2) is 24.8 Å². The number of aryl methyl sites for hydroxylation is 1. The normalized spacial score (nSPS) is 18.6. The summed E-state index contributed by atoms with van der Waals surface area (Å²) in [5.74, 6) is 0. The van der Waals surface area contributed by atoms with Gasteiger partial charge in [0.15, 0.2) is 6.10 Å². The number of rotatable bonds is 4. The summed E-state index contributed by atoms with van der Waals surface area (Å²) in [6.45, 7) is 6.35. The second-order valence-corrected chi connectivity index (χ2v) is 7.90. The van der Waals surface area contributed by atoms with E-state index in [0.717, 1.165) is 34.8 Å². The quantitative estimate of drug-likeness (QED) is 0.746. The number of aromatic nitrogens is 3. The van der Waals surface area contributed by atoms with Crippen molar-refractivity contribution in [2.45, 2.75) is 26.0 Å². The highest BCUT2D eigenvalue weighted by Crippen LogP contribution is 2.41. The lowest BCUT2D eigenvalue weighted by molar-refractivity contribution is -0.104. The van der Waals surface area contributed by atoms with Crippen molar-refractivity contribution < 1.29 is 14.3 Å². The van der Waals surface area contributed by atoms with Gasteiger partial charge in [-0.1, -0.05) is 0 Å². The predicted molar refractivity (Wildman–Crippen MR) is 113 cm³/mol. The standard InChI is InChI=1S/C22H24N6O3/c1-2-26-11-19(25-14-26)16-9-18-21(17(16)10-23)20(3-4-24-18)27-5-7-28(8-6-27)22(29)31-15-12-30-13-15/h3-4,11,14-15H,2,5-9,12-13H2,1H3. The molecule has 2 fully saturated rings. The summed E-state index contributed by atoms with van der Waals surface area (Å²) in [7, 11) is 0. The highest BCUT2D eigenvalue weighted by molar-refractivity contribution is 6.04. The van der Waals surface area contributed by atoms with E-state index in [4.69, 9.17) is 9.47 Å². The Hall–Kier alpha value is -3.38. The molecule has 0 N–H and O–H groups in total. The van der Waals surface area contributed by atoms with Crippen LogP contribution in [0.4, 0.5) is 10.5 Å². The maximum Gasteiger partial charge on any atom is 0.410 e. The zero-order valence-corrected chi connectivity index (χ0v) is 17.5. The molecule has 0 unspecified atom stereocenters. The lowest BCUT2D eigenvalue weighted by atomic mass is 10.0. The molecule has 2 aromatic rings. The van der Waals surface area contributed by atoms with Crippen LogP contribution in [0.25, 0.3) is 11.1 Å². The number of imidazole rings is 1. The minimum absolute atomic E-state index is 0.119. The van der Waals surface area contributed by atoms with E-state index in [2.05, 4.69) is 27.9 Å². The summed E-state index contributed by atoms with van der Waals surface area (Å²) in [6, 6.07) is 4.37. The molecule has 160 valence electrons. The zero-order chi connectivity index (χ0) is 21.4. The first kappa shape index (κ1) is 19.6. The monoisotopic (exact) mass is 420 g/mol. The fourth-order valence-electron chi connectivity index (χ4n) is 4.23. The third-order valence-corrected chi connectivity index (χ3v) is 6.08. The van der Waals surface area contributed by atoms with Crippen LogP contribution in [0.5, 0.6) is 0 Å². The third-order valence-electron chi connectivity index (χ3n) is 6.08. The lowest BCUT2D eigenvalue weighted by Gasteiger charge is -2.37. The fraction of sp³-hybridized carbons (Fsp3) is 0.455. The van der Waals surface area contributed by atoms with Crippen molar-refractivity contribution in [3.63, 3.8) is 0 Å². The van der Waals surface area contributed by atoms with Gasteiger partial charge in [0.1, 0.15) is 6.07 Å². The minimum atomic E-state index is -0.278. The molecule has 2 aliphatic heterocycles. The minimum Gasteiger partial charge on any atom is -0.441 e. The van der Waals surface area contributed by atoms with Crippen LogP contribution in [-0.4, -0.2) is 71.0 Å². The second-order valence-electron chi connectivity index (χ2n) is 7.90. The maximum atomic E-state index is 12.3. The van der Waals surface area contributed by atoms with Gasteiger partial charge in [-0.3, -0.25) is 4.98 Å². The first-order valence-corrected chi connectivity index (χ1v) is 10.6. The van der Waals surface area contributed by atoms with E-state index in [1.165, 1.54) is 0 Å². The summed E-state index contributed by atoms with van der Waals surface area (Å²) >= 11 is 0. The molecule has 0 bridgehead atoms. The molecular weight excluding hydrogens is 396 g/mol. The number of carbonyl (C=O) groups is 1. The smallest absolute Gasteiger partial charge is 0.410 e. The van der Waals surface area contributed by atoms with E-state index in [0.29, 0.717) is 51.4 Å². The Balaban J connectivity index is 1.36. The van der Waals surface area contributed by atoms with Gasteiger partial charge in [-0.05, 0) is 13.0 Å². The molecule has 9 nitrogen and oxygen atoms in total. The van der Waals surface area contributed by atoms with Crippen molar-refractivity contribution >= 4 is 22.9 Å². The first-order chi connectivity index (χ1) is 15.2. The summed E-state index contributed by atoms with van der Waals surface area (Å²) in [5, 5.41) is 9.99. The van der Waals surface area contributed by atoms with Gasteiger partial charge in [-0.25, -0.2) is 9.78 Å². The summed E-state index contributed by atoms with van der Waals surface area (Å²) in [5.41, 5.74) is 5.19. The Bertz CT molecular complexity index is 1070. The van der Waals surface area contributed by atoms with E-state index >= 15 is 0 Å². The van der Waals surface area contributed by atoms with Crippen LogP contribution in [0.1, 0.15) is 23.9 Å². The number of piperazine rings is 1. The van der Waals surface area contributed by atoms with Crippen molar-refractivity contribution in [3.8, 4) is 6.07 Å². The summed E-state index contributed by atoms with van der Waals surface area (Å²) < 4.78 is 12.5. The van der Waals surface area contributed by atoms with Gasteiger partial charge in [-0.2, -0.15) is 5.26 Å².